The van der Waals surface area contributed by atoms with Crippen molar-refractivity contribution in [3.8, 4) is 0 Å². The zero-order valence-corrected chi connectivity index (χ0v) is 66.8. The van der Waals surface area contributed by atoms with Gasteiger partial charge >= 0.3 is 41.8 Å². The number of carboxylic acids is 7. The predicted molar refractivity (Wildman–Crippen MR) is 430 cm³/mol. The molecule has 0 saturated carbocycles. The van der Waals surface area contributed by atoms with E-state index in [9.17, 15) is 112 Å². The maximum atomic E-state index is 14.8. The molecule has 6 aromatic rings. The van der Waals surface area contributed by atoms with Crippen LogP contribution in [0.3, 0.4) is 0 Å². The molecule has 4 aromatic carbocycles. The second-order valence-corrected chi connectivity index (χ2v) is 29.9. The average molecular weight is 1680 g/mol. The van der Waals surface area contributed by atoms with Crippen LogP contribution >= 0.6 is 0 Å². The van der Waals surface area contributed by atoms with Crippen molar-refractivity contribution in [1.82, 2.24) is 85.7 Å². The highest BCUT2D eigenvalue weighted by Gasteiger charge is 2.36. The molecule has 1 saturated heterocycles. The molecule has 0 bridgehead atoms. The summed E-state index contributed by atoms with van der Waals surface area (Å²) < 4.78 is 0. The maximum Gasteiger partial charge on any atom is 0.317 e. The Kier molecular flexibility index (Phi) is 33.3. The second-order valence-electron chi connectivity index (χ2n) is 29.9. The molecule has 5 atom stereocenters. The van der Waals surface area contributed by atoms with Crippen LogP contribution in [0.25, 0.3) is 22.1 Å². The molecular formula is C79H101N19O23. The van der Waals surface area contributed by atoms with Gasteiger partial charge in [0.25, 0.3) is 11.8 Å². The number of carboxylic acid groups (broad SMARTS) is 7. The number of aromatic nitrogens is 4. The fourth-order valence-electron chi connectivity index (χ4n) is 14.3. The third kappa shape index (κ3) is 28.2. The number of H-pyrrole nitrogens is 2. The lowest BCUT2D eigenvalue weighted by molar-refractivity contribution is -0.141. The summed E-state index contributed by atoms with van der Waals surface area (Å²) in [7, 11) is 3.17. The highest BCUT2D eigenvalue weighted by Crippen LogP contribution is 2.29. The molecule has 0 radical (unpaired) electrons. The van der Waals surface area contributed by atoms with Gasteiger partial charge in [0, 0.05) is 147 Å². The largest absolute Gasteiger partial charge is 0.481 e. The SMILES string of the molecule is CN(Cc1nc2ccccc2[nH]1)C(=O)c1ccc2c(c1)CN(CCCNC(=O)[C@H](CCC(=O)O)NC(=O)[C@H](CCC(=O)N[C@@H](CCC(=O)O)C(=O)NCCCN1Cc3cc(C(=O)N(C)Cc4nc5ccccc5[nH]4)ccc3N[C@H](CC(=O)O)C1=O)NC(=O)CN1CCN(CC(=O)O)CCN(CC(=O)O)CCN(CC(=O)O)CC1)C(=O)[C@H](CC(=O)O)N2. The molecule has 5 heterocycles. The van der Waals surface area contributed by atoms with Crippen molar-refractivity contribution >= 4 is 128 Å². The number of hydrogen-bond acceptors (Lipinski definition) is 24. The van der Waals surface area contributed by atoms with Gasteiger partial charge in [0.05, 0.1) is 74.2 Å². The summed E-state index contributed by atoms with van der Waals surface area (Å²) in [6, 6.07) is 16.4. The van der Waals surface area contributed by atoms with Crippen LogP contribution in [0.2, 0.25) is 0 Å². The van der Waals surface area contributed by atoms with Crippen molar-refractivity contribution in [3.05, 3.63) is 119 Å². The lowest BCUT2D eigenvalue weighted by Gasteiger charge is -2.33. The number of nitrogens with zero attached hydrogens (tertiary/aromatic N) is 10. The van der Waals surface area contributed by atoms with E-state index < -0.39 is 203 Å². The van der Waals surface area contributed by atoms with Crippen molar-refractivity contribution in [2.75, 3.05) is 129 Å². The van der Waals surface area contributed by atoms with Crippen LogP contribution in [0.5, 0.6) is 0 Å². The first-order valence-electron chi connectivity index (χ1n) is 39.3. The molecule has 42 nitrogen and oxygen atoms in total. The number of imidazole rings is 2. The van der Waals surface area contributed by atoms with Gasteiger partial charge in [0.2, 0.25) is 41.4 Å². The van der Waals surface area contributed by atoms with E-state index in [4.69, 9.17) is 0 Å². The van der Waals surface area contributed by atoms with Gasteiger partial charge in [0.1, 0.15) is 41.9 Å². The summed E-state index contributed by atoms with van der Waals surface area (Å²) in [4.78, 5) is 239. The molecule has 650 valence electrons. The van der Waals surface area contributed by atoms with Crippen LogP contribution in [0, 0.1) is 0 Å². The number of nitrogens with one attached hydrogen (secondary N) is 9. The topological polar surface area (TPSA) is 582 Å². The second kappa shape index (κ2) is 44.0. The standard InChI is InChI=1S/C79H101N19O23/c1-91(41-62-84-53-9-3-4-10-54(53)85-62)76(118)47-13-15-51-49(35-47)39-97(78(120)60(82-51)37-68(105)106)25-7-23-80-73(115)57(18-21-66(101)102)88-64(99)20-17-59(89-65(100)43-93-27-29-94(44-70(109)110)31-33-96(46-72(113)114)34-32-95(30-28-93)45-71(111)112)75(117)90-58(19-22-67(103)104)74(116)81-24-8-26-98-40-50-36-48(14-16-52(50)83-61(79(98)121)38-69(107)108)77(119)92(2)42-63-86-55-11-5-6-12-56(55)87-63/h3-6,9-16,35-36,57-61,82-83H,7-8,17-34,37-46H2,1-2H3,(H,80,115)(H,81,116)(H,84,85)(H,86,87)(H,88,99)(H,89,100)(H,90,117)(H,101,102)(H,103,104)(H,105,106)(H,107,108)(H,109,110)(H,111,112)(H,113,114)/t57-,58-,59-,60+,61-/m0/s1. The van der Waals surface area contributed by atoms with Gasteiger partial charge in [-0.05, 0) is 104 Å². The van der Waals surface area contributed by atoms with Crippen molar-refractivity contribution < 1.29 is 112 Å². The fraction of sp³-hybridized carbons (Fsp3) is 0.468. The Balaban J connectivity index is 0.885. The van der Waals surface area contributed by atoms with Gasteiger partial charge in [-0.25, -0.2) is 9.97 Å². The number of fused-ring (bicyclic) bond motifs is 4. The molecule has 0 spiro atoms. The van der Waals surface area contributed by atoms with E-state index in [1.807, 2.05) is 48.5 Å². The number of anilines is 2. The number of hydrogen-bond donors (Lipinski definition) is 16. The van der Waals surface area contributed by atoms with Gasteiger partial charge in [-0.2, -0.15) is 0 Å². The molecule has 9 amide bonds. The van der Waals surface area contributed by atoms with E-state index in [0.29, 0.717) is 45.2 Å². The molecule has 0 aliphatic carbocycles. The number of carbonyl (C=O) groups is 16. The van der Waals surface area contributed by atoms with Gasteiger partial charge in [-0.15, -0.1) is 0 Å². The zero-order valence-electron chi connectivity index (χ0n) is 66.8. The van der Waals surface area contributed by atoms with E-state index in [0.717, 1.165) is 11.0 Å². The third-order valence-corrected chi connectivity index (χ3v) is 20.5. The van der Waals surface area contributed by atoms with Gasteiger partial charge < -0.3 is 103 Å². The number of rotatable bonds is 41. The minimum atomic E-state index is -1.79. The van der Waals surface area contributed by atoms with Crippen LogP contribution < -0.4 is 37.2 Å². The number of amides is 9. The van der Waals surface area contributed by atoms with Crippen molar-refractivity contribution in [2.45, 2.75) is 121 Å². The number of aliphatic carboxylic acids is 7. The Morgan fingerprint density at radius 3 is 1.18 bits per heavy atom. The molecule has 121 heavy (non-hydrogen) atoms. The van der Waals surface area contributed by atoms with Crippen LogP contribution in [-0.2, 0) is 93.3 Å². The molecule has 3 aliphatic rings. The highest BCUT2D eigenvalue weighted by atomic mass is 16.4. The number of benzene rings is 4. The van der Waals surface area contributed by atoms with E-state index in [-0.39, 0.29) is 129 Å². The van der Waals surface area contributed by atoms with Gasteiger partial charge in [-0.3, -0.25) is 96.3 Å². The number of carbonyl (C=O) groups excluding carboxylic acids is 9. The fourth-order valence-corrected chi connectivity index (χ4v) is 14.3. The molecule has 1 fully saturated rings. The Morgan fingerprint density at radius 1 is 0.438 bits per heavy atom. The Morgan fingerprint density at radius 2 is 0.802 bits per heavy atom. The third-order valence-electron chi connectivity index (χ3n) is 20.5. The highest BCUT2D eigenvalue weighted by molar-refractivity contribution is 5.98. The first-order valence-corrected chi connectivity index (χ1v) is 39.3. The Bertz CT molecular complexity index is 4710. The first kappa shape index (κ1) is 91.7. The van der Waals surface area contributed by atoms with Crippen LogP contribution in [0.4, 0.5) is 11.4 Å². The summed E-state index contributed by atoms with van der Waals surface area (Å²) in [5.41, 5.74) is 5.13. The average Bonchev–Trinajstić information content (AvgIpc) is 1.72. The monoisotopic (exact) mass is 1680 g/mol. The van der Waals surface area contributed by atoms with E-state index in [2.05, 4.69) is 57.2 Å². The molecule has 3 aliphatic heterocycles. The van der Waals surface area contributed by atoms with E-state index in [1.54, 1.807) is 38.4 Å². The Labute approximate surface area is 692 Å². The molecule has 9 rings (SSSR count). The summed E-state index contributed by atoms with van der Waals surface area (Å²) in [6.07, 6.45) is -5.05. The quantitative estimate of drug-likeness (QED) is 0.0212. The normalized spacial score (nSPS) is 16.4. The number of para-hydroxylation sites is 4. The number of aromatic amines is 2. The predicted octanol–water partition coefficient (Wildman–Crippen LogP) is -0.669. The molecule has 0 unspecified atom stereocenters. The van der Waals surface area contributed by atoms with Crippen molar-refractivity contribution in [2.24, 2.45) is 0 Å². The smallest absolute Gasteiger partial charge is 0.317 e. The lowest BCUT2D eigenvalue weighted by Crippen LogP contribution is -2.56. The minimum absolute atomic E-state index is 0.0143. The molecule has 42 heteroatoms. The van der Waals surface area contributed by atoms with E-state index >= 15 is 0 Å². The molecular weight excluding hydrogens is 1580 g/mol. The molecule has 16 N–H and O–H groups in total. The summed E-state index contributed by atoms with van der Waals surface area (Å²) in [5, 5.41) is 87.5. The summed E-state index contributed by atoms with van der Waals surface area (Å²) in [6.45, 7) is -2.71. The Hall–Kier alpha value is -13.2. The van der Waals surface area contributed by atoms with Crippen molar-refractivity contribution in [3.63, 3.8) is 0 Å². The van der Waals surface area contributed by atoms with Crippen LogP contribution in [0.15, 0.2) is 84.9 Å². The summed E-state index contributed by atoms with van der Waals surface area (Å²) >= 11 is 0. The van der Waals surface area contributed by atoms with E-state index in [1.165, 1.54) is 51.3 Å². The van der Waals surface area contributed by atoms with Gasteiger partial charge in [0.15, 0.2) is 0 Å². The minimum Gasteiger partial charge on any atom is -0.481 e. The maximum absolute atomic E-state index is 14.8. The summed E-state index contributed by atoms with van der Waals surface area (Å²) in [5.74, 6) is -14.9. The van der Waals surface area contributed by atoms with Crippen LogP contribution in [0.1, 0.15) is 108 Å². The lowest BCUT2D eigenvalue weighted by atomic mass is 10.1. The zero-order chi connectivity index (χ0) is 87.6. The molecule has 2 aromatic heterocycles. The van der Waals surface area contributed by atoms with Gasteiger partial charge in [-0.1, -0.05) is 24.3 Å². The first-order chi connectivity index (χ1) is 57.7. The van der Waals surface area contributed by atoms with Crippen molar-refractivity contribution in [1.29, 1.82) is 0 Å². The van der Waals surface area contributed by atoms with Crippen LogP contribution in [-0.4, -0.2) is 339 Å².